The number of rotatable bonds is 6. The van der Waals surface area contributed by atoms with Gasteiger partial charge in [-0.05, 0) is 39.9 Å². The van der Waals surface area contributed by atoms with Crippen LogP contribution in [0.15, 0.2) is 186 Å². The molecule has 7 aromatic carbocycles. The van der Waals surface area contributed by atoms with Crippen LogP contribution in [0.4, 0.5) is 0 Å². The maximum absolute atomic E-state index is 6.29. The molecule has 9 rings (SSSR count). The summed E-state index contributed by atoms with van der Waals surface area (Å²) in [5.74, 6) is 0.708. The van der Waals surface area contributed by atoms with E-state index in [0.717, 1.165) is 72.3 Å². The van der Waals surface area contributed by atoms with Gasteiger partial charge in [0.05, 0.1) is 11.4 Å². The van der Waals surface area contributed by atoms with E-state index in [0.29, 0.717) is 5.82 Å². The first-order valence-electron chi connectivity index (χ1n) is 16.5. The van der Waals surface area contributed by atoms with Crippen molar-refractivity contribution in [2.75, 3.05) is 0 Å². The average molecular weight is 627 g/mol. The van der Waals surface area contributed by atoms with Gasteiger partial charge in [0.1, 0.15) is 11.2 Å². The fraction of sp³-hybridized carbons (Fsp3) is 0. The van der Waals surface area contributed by atoms with Crippen molar-refractivity contribution in [3.05, 3.63) is 182 Å². The molecule has 3 nitrogen and oxygen atoms in total. The number of para-hydroxylation sites is 2. The highest BCUT2D eigenvalue weighted by atomic mass is 16.3. The third-order valence-corrected chi connectivity index (χ3v) is 9.16. The number of fused-ring (bicyclic) bond motifs is 3. The van der Waals surface area contributed by atoms with E-state index in [1.165, 1.54) is 11.1 Å². The third kappa shape index (κ3) is 5.48. The molecule has 0 radical (unpaired) electrons. The molecule has 0 aliphatic carbocycles. The van der Waals surface area contributed by atoms with Crippen molar-refractivity contribution in [1.82, 2.24) is 9.97 Å². The van der Waals surface area contributed by atoms with Crippen molar-refractivity contribution < 1.29 is 4.42 Å². The molecule has 0 fully saturated rings. The van der Waals surface area contributed by atoms with Gasteiger partial charge in [-0.2, -0.15) is 0 Å². The Bertz CT molecular complexity index is 2550. The number of furan rings is 1. The number of nitrogens with zero attached hydrogens (tertiary/aromatic N) is 2. The van der Waals surface area contributed by atoms with Gasteiger partial charge in [0.2, 0.25) is 0 Å². The molecule has 0 amide bonds. The first-order chi connectivity index (χ1) is 24.3. The first-order valence-corrected chi connectivity index (χ1v) is 16.5. The third-order valence-electron chi connectivity index (χ3n) is 9.16. The molecule has 2 aromatic heterocycles. The molecule has 0 saturated heterocycles. The van der Waals surface area contributed by atoms with Crippen LogP contribution in [0.3, 0.4) is 0 Å². The summed E-state index contributed by atoms with van der Waals surface area (Å²) in [6, 6.07) is 63.3. The summed E-state index contributed by atoms with van der Waals surface area (Å²) in [6.45, 7) is 0. The van der Waals surface area contributed by atoms with Crippen molar-refractivity contribution in [2.45, 2.75) is 0 Å². The predicted octanol–water partition coefficient (Wildman–Crippen LogP) is 12.4. The van der Waals surface area contributed by atoms with E-state index in [4.69, 9.17) is 14.4 Å². The van der Waals surface area contributed by atoms with E-state index in [1.807, 2.05) is 36.4 Å². The summed E-state index contributed by atoms with van der Waals surface area (Å²) < 4.78 is 6.29. The average Bonchev–Trinajstić information content (AvgIpc) is 3.58. The van der Waals surface area contributed by atoms with Crippen LogP contribution >= 0.6 is 0 Å². The fourth-order valence-electron chi connectivity index (χ4n) is 6.57. The zero-order valence-electron chi connectivity index (χ0n) is 26.6. The molecular weight excluding hydrogens is 597 g/mol. The van der Waals surface area contributed by atoms with Crippen molar-refractivity contribution in [1.29, 1.82) is 0 Å². The molecule has 2 heterocycles. The second-order valence-electron chi connectivity index (χ2n) is 12.2. The Morgan fingerprint density at radius 2 is 0.776 bits per heavy atom. The van der Waals surface area contributed by atoms with Crippen LogP contribution in [0.1, 0.15) is 0 Å². The maximum Gasteiger partial charge on any atom is 0.160 e. The predicted molar refractivity (Wildman–Crippen MR) is 202 cm³/mol. The highest BCUT2D eigenvalue weighted by Gasteiger charge is 2.13. The van der Waals surface area contributed by atoms with Crippen LogP contribution in [0.25, 0.3) is 89.2 Å². The van der Waals surface area contributed by atoms with Crippen LogP contribution < -0.4 is 0 Å². The minimum atomic E-state index is 0.708. The molecule has 0 spiro atoms. The quantitative estimate of drug-likeness (QED) is 0.184. The lowest BCUT2D eigenvalue weighted by Gasteiger charge is -2.11. The second-order valence-corrected chi connectivity index (χ2v) is 12.2. The molecule has 49 heavy (non-hydrogen) atoms. The summed E-state index contributed by atoms with van der Waals surface area (Å²) in [5, 5.41) is 2.28. The van der Waals surface area contributed by atoms with Crippen LogP contribution in [-0.4, -0.2) is 9.97 Å². The summed E-state index contributed by atoms with van der Waals surface area (Å²) in [6.07, 6.45) is 0. The Balaban J connectivity index is 1.03. The van der Waals surface area contributed by atoms with E-state index < -0.39 is 0 Å². The minimum absolute atomic E-state index is 0.708. The summed E-state index contributed by atoms with van der Waals surface area (Å²) in [4.78, 5) is 10.0. The molecule has 0 atom stereocenters. The molecular formula is C46H30N2O. The molecule has 0 bridgehead atoms. The summed E-state index contributed by atoms with van der Waals surface area (Å²) in [7, 11) is 0. The van der Waals surface area contributed by atoms with Crippen molar-refractivity contribution in [3.63, 3.8) is 0 Å². The number of hydrogen-bond acceptors (Lipinski definition) is 3. The lowest BCUT2D eigenvalue weighted by Crippen LogP contribution is -1.96. The Hall–Kier alpha value is -6.58. The summed E-state index contributed by atoms with van der Waals surface area (Å²) in [5.41, 5.74) is 13.6. The maximum atomic E-state index is 6.29. The van der Waals surface area contributed by atoms with Crippen LogP contribution in [0.2, 0.25) is 0 Å². The highest BCUT2D eigenvalue weighted by molar-refractivity contribution is 6.09. The molecule has 0 N–H and O–H groups in total. The van der Waals surface area contributed by atoms with Gasteiger partial charge in [-0.15, -0.1) is 0 Å². The van der Waals surface area contributed by atoms with Crippen LogP contribution in [0, 0.1) is 0 Å². The van der Waals surface area contributed by atoms with E-state index in [1.54, 1.807) is 0 Å². The molecule has 0 aliphatic rings. The standard InChI is InChI=1S/C46H30N2O/c1-3-10-31(11-4-1)32-20-26-36(27-21-32)42-30-43(48-46(47-42)38-12-5-2-6-13-38)37-28-22-34(23-29-37)33-18-24-35(25-19-33)39-15-9-16-41-40-14-7-8-17-44(40)49-45(39)41/h1-30H. The van der Waals surface area contributed by atoms with Gasteiger partial charge in [-0.3, -0.25) is 0 Å². The Labute approximate surface area is 284 Å². The number of benzene rings is 7. The Morgan fingerprint density at radius 1 is 0.327 bits per heavy atom. The van der Waals surface area contributed by atoms with E-state index in [-0.39, 0.29) is 0 Å². The highest BCUT2D eigenvalue weighted by Crippen LogP contribution is 2.37. The van der Waals surface area contributed by atoms with Gasteiger partial charge in [-0.25, -0.2) is 9.97 Å². The van der Waals surface area contributed by atoms with Gasteiger partial charge >= 0.3 is 0 Å². The van der Waals surface area contributed by atoms with Crippen LogP contribution in [0.5, 0.6) is 0 Å². The Kier molecular flexibility index (Phi) is 7.14. The second kappa shape index (κ2) is 12.2. The van der Waals surface area contributed by atoms with Gasteiger partial charge in [0.15, 0.2) is 5.82 Å². The topological polar surface area (TPSA) is 38.9 Å². The molecule has 0 saturated carbocycles. The van der Waals surface area contributed by atoms with Crippen molar-refractivity contribution >= 4 is 21.9 Å². The molecule has 0 unspecified atom stereocenters. The molecule has 230 valence electrons. The minimum Gasteiger partial charge on any atom is -0.455 e. The monoisotopic (exact) mass is 626 g/mol. The zero-order valence-corrected chi connectivity index (χ0v) is 26.6. The number of aromatic nitrogens is 2. The lowest BCUT2D eigenvalue weighted by molar-refractivity contribution is 0.670. The van der Waals surface area contributed by atoms with Gasteiger partial charge < -0.3 is 4.42 Å². The zero-order chi connectivity index (χ0) is 32.6. The SMILES string of the molecule is c1ccc(-c2ccc(-c3cc(-c4ccc(-c5ccc(-c6cccc7c6oc6ccccc67)cc5)cc4)nc(-c4ccccc4)n3)cc2)cc1. The smallest absolute Gasteiger partial charge is 0.160 e. The molecule has 9 aromatic rings. The van der Waals surface area contributed by atoms with E-state index in [2.05, 4.69) is 146 Å². The van der Waals surface area contributed by atoms with E-state index in [9.17, 15) is 0 Å². The van der Waals surface area contributed by atoms with Gasteiger partial charge in [0, 0.05) is 33.0 Å². The number of hydrogen-bond donors (Lipinski definition) is 0. The molecule has 3 heteroatoms. The first kappa shape index (κ1) is 28.6. The van der Waals surface area contributed by atoms with Crippen LogP contribution in [-0.2, 0) is 0 Å². The lowest BCUT2D eigenvalue weighted by atomic mass is 9.97. The van der Waals surface area contributed by atoms with E-state index >= 15 is 0 Å². The Morgan fingerprint density at radius 3 is 1.37 bits per heavy atom. The molecule has 0 aliphatic heterocycles. The van der Waals surface area contributed by atoms with Gasteiger partial charge in [-0.1, -0.05) is 170 Å². The van der Waals surface area contributed by atoms with Crippen molar-refractivity contribution in [2.24, 2.45) is 0 Å². The largest absolute Gasteiger partial charge is 0.455 e. The van der Waals surface area contributed by atoms with Crippen molar-refractivity contribution in [3.8, 4) is 67.3 Å². The van der Waals surface area contributed by atoms with Gasteiger partial charge in [0.25, 0.3) is 0 Å². The summed E-state index contributed by atoms with van der Waals surface area (Å²) >= 11 is 0. The normalized spacial score (nSPS) is 11.3. The fourth-order valence-corrected chi connectivity index (χ4v) is 6.57.